The van der Waals surface area contributed by atoms with E-state index in [2.05, 4.69) is 5.32 Å². The third-order valence-electron chi connectivity index (χ3n) is 4.97. The topological polar surface area (TPSA) is 50.8 Å². The lowest BCUT2D eigenvalue weighted by molar-refractivity contribution is 0.0181. The van der Waals surface area contributed by atoms with Crippen molar-refractivity contribution in [3.63, 3.8) is 0 Å². The van der Waals surface area contributed by atoms with E-state index in [1.165, 1.54) is 25.7 Å². The van der Waals surface area contributed by atoms with Crippen molar-refractivity contribution in [3.8, 4) is 0 Å². The molecule has 0 bridgehead atoms. The van der Waals surface area contributed by atoms with Gasteiger partial charge >= 0.3 is 6.09 Å². The number of ether oxygens (including phenoxy) is 2. The molecule has 0 aromatic heterocycles. The van der Waals surface area contributed by atoms with E-state index in [1.807, 2.05) is 32.8 Å². The molecule has 23 heavy (non-hydrogen) atoms. The fraction of sp³-hybridized carbons (Fsp3) is 0.944. The summed E-state index contributed by atoms with van der Waals surface area (Å²) in [5.41, 5.74) is -0.406. The lowest BCUT2D eigenvalue weighted by atomic mass is 9.91. The summed E-state index contributed by atoms with van der Waals surface area (Å²) in [7, 11) is 1.82. The molecule has 0 aromatic rings. The first kappa shape index (κ1) is 18.5. The minimum Gasteiger partial charge on any atom is -0.444 e. The van der Waals surface area contributed by atoms with E-state index in [1.54, 1.807) is 0 Å². The number of nitrogens with one attached hydrogen (secondary N) is 1. The van der Waals surface area contributed by atoms with Gasteiger partial charge in [0, 0.05) is 26.2 Å². The summed E-state index contributed by atoms with van der Waals surface area (Å²) in [6, 6.07) is 0.644. The molecule has 1 aliphatic heterocycles. The molecule has 0 atom stereocenters. The van der Waals surface area contributed by atoms with Gasteiger partial charge in [0.1, 0.15) is 5.60 Å². The summed E-state index contributed by atoms with van der Waals surface area (Å²) in [5, 5.41) is 3.73. The molecule has 2 aliphatic rings. The first-order chi connectivity index (χ1) is 10.9. The largest absolute Gasteiger partial charge is 0.444 e. The van der Waals surface area contributed by atoms with Gasteiger partial charge in [-0.1, -0.05) is 0 Å². The summed E-state index contributed by atoms with van der Waals surface area (Å²) in [5.74, 6) is 0.675. The Kier molecular flexibility index (Phi) is 6.72. The quantitative estimate of drug-likeness (QED) is 0.862. The van der Waals surface area contributed by atoms with Crippen LogP contribution < -0.4 is 5.32 Å². The van der Waals surface area contributed by atoms with Crippen molar-refractivity contribution in [2.45, 2.75) is 77.0 Å². The molecule has 0 unspecified atom stereocenters. The fourth-order valence-corrected chi connectivity index (χ4v) is 3.48. The van der Waals surface area contributed by atoms with Crippen LogP contribution in [0, 0.1) is 5.92 Å². The van der Waals surface area contributed by atoms with E-state index >= 15 is 0 Å². The van der Waals surface area contributed by atoms with Gasteiger partial charge in [-0.2, -0.15) is 0 Å². The van der Waals surface area contributed by atoms with E-state index < -0.39 is 5.60 Å². The highest BCUT2D eigenvalue weighted by Gasteiger charge is 2.27. The molecule has 5 heteroatoms. The number of rotatable bonds is 4. The van der Waals surface area contributed by atoms with E-state index in [0.29, 0.717) is 18.1 Å². The van der Waals surface area contributed by atoms with E-state index in [-0.39, 0.29) is 6.09 Å². The maximum Gasteiger partial charge on any atom is 0.410 e. The number of hydrogen-bond donors (Lipinski definition) is 1. The van der Waals surface area contributed by atoms with Gasteiger partial charge in [0.15, 0.2) is 0 Å². The Bertz CT molecular complexity index is 365. The molecular weight excluding hydrogens is 292 g/mol. The number of methoxy groups -OCH3 is 1. The summed E-state index contributed by atoms with van der Waals surface area (Å²) in [6.45, 7) is 8.46. The van der Waals surface area contributed by atoms with Crippen molar-refractivity contribution in [3.05, 3.63) is 0 Å². The Morgan fingerprint density at radius 3 is 2.22 bits per heavy atom. The number of amides is 1. The molecule has 1 saturated heterocycles. The monoisotopic (exact) mass is 326 g/mol. The summed E-state index contributed by atoms with van der Waals surface area (Å²) < 4.78 is 10.9. The van der Waals surface area contributed by atoms with Crippen molar-refractivity contribution >= 4 is 6.09 Å². The average Bonchev–Trinajstić information content (AvgIpc) is 2.52. The van der Waals surface area contributed by atoms with Gasteiger partial charge in [0.25, 0.3) is 0 Å². The first-order valence-corrected chi connectivity index (χ1v) is 9.11. The number of carbonyl (C=O) groups is 1. The number of nitrogens with zero attached hydrogens (tertiary/aromatic N) is 1. The highest BCUT2D eigenvalue weighted by atomic mass is 16.6. The van der Waals surface area contributed by atoms with Crippen molar-refractivity contribution in [1.82, 2.24) is 10.2 Å². The van der Waals surface area contributed by atoms with Gasteiger partial charge in [-0.15, -0.1) is 0 Å². The van der Waals surface area contributed by atoms with Gasteiger partial charge in [-0.3, -0.25) is 0 Å². The summed E-state index contributed by atoms with van der Waals surface area (Å²) >= 11 is 0. The molecule has 0 aromatic carbocycles. The van der Waals surface area contributed by atoms with Crippen LogP contribution in [0.2, 0.25) is 0 Å². The highest BCUT2D eigenvalue weighted by Crippen LogP contribution is 2.23. The lowest BCUT2D eigenvalue weighted by Crippen LogP contribution is -2.44. The third kappa shape index (κ3) is 6.30. The lowest BCUT2D eigenvalue weighted by Gasteiger charge is -2.35. The second kappa shape index (κ2) is 8.34. The third-order valence-corrected chi connectivity index (χ3v) is 4.97. The standard InChI is InChI=1S/C18H34N2O3/c1-18(2,3)23-17(21)20-11-9-14(10-12-20)13-19-15-5-7-16(22-4)8-6-15/h14-16,19H,5-13H2,1-4H3. The molecule has 0 spiro atoms. The predicted molar refractivity (Wildman–Crippen MR) is 91.6 cm³/mol. The van der Waals surface area contributed by atoms with Crippen LogP contribution in [0.25, 0.3) is 0 Å². The predicted octanol–water partition coefficient (Wildman–Crippen LogP) is 3.18. The Morgan fingerprint density at radius 2 is 1.70 bits per heavy atom. The highest BCUT2D eigenvalue weighted by molar-refractivity contribution is 5.68. The van der Waals surface area contributed by atoms with Crippen molar-refractivity contribution in [2.24, 2.45) is 5.92 Å². The Hall–Kier alpha value is -0.810. The van der Waals surface area contributed by atoms with Crippen LogP contribution in [-0.4, -0.2) is 55.5 Å². The molecule has 1 aliphatic carbocycles. The summed E-state index contributed by atoms with van der Waals surface area (Å²) in [4.78, 5) is 13.9. The van der Waals surface area contributed by atoms with Crippen LogP contribution in [0.15, 0.2) is 0 Å². The van der Waals surface area contributed by atoms with Gasteiger partial charge in [0.05, 0.1) is 6.10 Å². The smallest absolute Gasteiger partial charge is 0.410 e. The number of piperidine rings is 1. The van der Waals surface area contributed by atoms with Crippen LogP contribution in [0.3, 0.4) is 0 Å². The normalized spacial score (nSPS) is 27.0. The van der Waals surface area contributed by atoms with Crippen LogP contribution >= 0.6 is 0 Å². The summed E-state index contributed by atoms with van der Waals surface area (Å²) in [6.07, 6.45) is 7.22. The molecule has 1 amide bonds. The zero-order chi connectivity index (χ0) is 16.9. The first-order valence-electron chi connectivity index (χ1n) is 9.11. The van der Waals surface area contributed by atoms with Gasteiger partial charge in [-0.25, -0.2) is 4.79 Å². The molecule has 0 radical (unpaired) electrons. The molecular formula is C18H34N2O3. The fourth-order valence-electron chi connectivity index (χ4n) is 3.48. The maximum atomic E-state index is 12.1. The van der Waals surface area contributed by atoms with E-state index in [4.69, 9.17) is 9.47 Å². The van der Waals surface area contributed by atoms with Crippen LogP contribution in [-0.2, 0) is 9.47 Å². The number of likely N-dealkylation sites (tertiary alicyclic amines) is 1. The van der Waals surface area contributed by atoms with Crippen molar-refractivity contribution < 1.29 is 14.3 Å². The molecule has 1 saturated carbocycles. The molecule has 134 valence electrons. The molecule has 2 rings (SSSR count). The van der Waals surface area contributed by atoms with Crippen LogP contribution in [0.5, 0.6) is 0 Å². The Balaban J connectivity index is 1.62. The van der Waals surface area contributed by atoms with Crippen LogP contribution in [0.1, 0.15) is 59.3 Å². The van der Waals surface area contributed by atoms with Gasteiger partial charge in [0.2, 0.25) is 0 Å². The average molecular weight is 326 g/mol. The van der Waals surface area contributed by atoms with Gasteiger partial charge in [-0.05, 0) is 71.8 Å². The number of hydrogen-bond acceptors (Lipinski definition) is 4. The zero-order valence-electron chi connectivity index (χ0n) is 15.3. The zero-order valence-corrected chi connectivity index (χ0v) is 15.3. The minimum absolute atomic E-state index is 0.165. The van der Waals surface area contributed by atoms with Crippen molar-refractivity contribution in [1.29, 1.82) is 0 Å². The second-order valence-corrected chi connectivity index (χ2v) is 8.03. The molecule has 1 heterocycles. The van der Waals surface area contributed by atoms with Gasteiger partial charge < -0.3 is 19.7 Å². The maximum absolute atomic E-state index is 12.1. The Morgan fingerprint density at radius 1 is 1.09 bits per heavy atom. The molecule has 2 fully saturated rings. The minimum atomic E-state index is -0.406. The number of carbonyl (C=O) groups excluding carboxylic acids is 1. The molecule has 5 nitrogen and oxygen atoms in total. The van der Waals surface area contributed by atoms with Crippen LogP contribution in [0.4, 0.5) is 4.79 Å². The molecule has 1 N–H and O–H groups in total. The van der Waals surface area contributed by atoms with E-state index in [0.717, 1.165) is 32.5 Å². The van der Waals surface area contributed by atoms with E-state index in [9.17, 15) is 4.79 Å². The SMILES string of the molecule is COC1CCC(NCC2CCN(C(=O)OC(C)(C)C)CC2)CC1. The Labute approximate surface area is 141 Å². The van der Waals surface area contributed by atoms with Crippen molar-refractivity contribution in [2.75, 3.05) is 26.7 Å². The second-order valence-electron chi connectivity index (χ2n) is 8.03.